The minimum absolute atomic E-state index is 0.00580. The molecule has 1 aliphatic carbocycles. The third-order valence-corrected chi connectivity index (χ3v) is 6.21. The molecule has 1 saturated carbocycles. The van der Waals surface area contributed by atoms with Gasteiger partial charge < -0.3 is 10.1 Å². The number of benzene rings is 2. The smallest absolute Gasteiger partial charge is 0.416 e. The molecule has 160 valence electrons. The Labute approximate surface area is 174 Å². The molecule has 1 aliphatic heterocycles. The van der Waals surface area contributed by atoms with Crippen LogP contribution >= 0.6 is 0 Å². The summed E-state index contributed by atoms with van der Waals surface area (Å²) in [5, 5.41) is 3.42. The van der Waals surface area contributed by atoms with E-state index in [-0.39, 0.29) is 6.54 Å². The molecule has 2 aromatic carbocycles. The SMILES string of the molecule is O=C(OCC1C2CCC1CNC2)N(Cc1cccc(C(F)(F)F)c1)c1ccccc1. The average Bonchev–Trinajstić information content (AvgIpc) is 2.96. The van der Waals surface area contributed by atoms with E-state index in [0.29, 0.717) is 35.6 Å². The van der Waals surface area contributed by atoms with Crippen LogP contribution in [0.2, 0.25) is 0 Å². The molecule has 0 spiro atoms. The zero-order chi connectivity index (χ0) is 21.1. The Morgan fingerprint density at radius 1 is 1.03 bits per heavy atom. The fraction of sp³-hybridized carbons (Fsp3) is 0.435. The molecule has 2 aliphatic rings. The number of nitrogens with one attached hydrogen (secondary N) is 1. The van der Waals surface area contributed by atoms with Gasteiger partial charge in [-0.1, -0.05) is 30.3 Å². The first kappa shape index (κ1) is 20.7. The topological polar surface area (TPSA) is 41.6 Å². The first-order valence-corrected chi connectivity index (χ1v) is 10.3. The van der Waals surface area contributed by atoms with Crippen molar-refractivity contribution < 1.29 is 22.7 Å². The summed E-state index contributed by atoms with van der Waals surface area (Å²) in [5.74, 6) is 1.39. The zero-order valence-electron chi connectivity index (χ0n) is 16.6. The van der Waals surface area contributed by atoms with E-state index in [2.05, 4.69) is 5.32 Å². The first-order chi connectivity index (χ1) is 14.4. The van der Waals surface area contributed by atoms with Crippen molar-refractivity contribution >= 4 is 11.8 Å². The van der Waals surface area contributed by atoms with E-state index in [9.17, 15) is 18.0 Å². The number of ether oxygens (including phenoxy) is 1. The monoisotopic (exact) mass is 418 g/mol. The van der Waals surface area contributed by atoms with Crippen LogP contribution in [-0.4, -0.2) is 25.8 Å². The Bertz CT molecular complexity index is 856. The molecule has 1 N–H and O–H groups in total. The lowest BCUT2D eigenvalue weighted by Crippen LogP contribution is -2.41. The van der Waals surface area contributed by atoms with Gasteiger partial charge in [0.15, 0.2) is 0 Å². The lowest BCUT2D eigenvalue weighted by atomic mass is 9.87. The van der Waals surface area contributed by atoms with Crippen LogP contribution in [0.25, 0.3) is 0 Å². The summed E-state index contributed by atoms with van der Waals surface area (Å²) in [5.41, 5.74) is 0.258. The van der Waals surface area contributed by atoms with Crippen LogP contribution in [0, 0.1) is 17.8 Å². The van der Waals surface area contributed by atoms with Crippen LogP contribution in [0.5, 0.6) is 0 Å². The summed E-state index contributed by atoms with van der Waals surface area (Å²) in [7, 11) is 0. The second-order valence-corrected chi connectivity index (χ2v) is 8.12. The van der Waals surface area contributed by atoms with Crippen molar-refractivity contribution in [3.63, 3.8) is 0 Å². The van der Waals surface area contributed by atoms with E-state index in [0.717, 1.165) is 38.1 Å². The maximum atomic E-state index is 13.1. The van der Waals surface area contributed by atoms with Crippen molar-refractivity contribution in [3.05, 3.63) is 65.7 Å². The molecule has 2 atom stereocenters. The van der Waals surface area contributed by atoms with Crippen molar-refractivity contribution in [2.75, 3.05) is 24.6 Å². The highest BCUT2D eigenvalue weighted by atomic mass is 19.4. The molecule has 1 amide bonds. The molecular weight excluding hydrogens is 393 g/mol. The van der Waals surface area contributed by atoms with Crippen LogP contribution in [0.3, 0.4) is 0 Å². The lowest BCUT2D eigenvalue weighted by molar-refractivity contribution is -0.137. The van der Waals surface area contributed by atoms with E-state index < -0.39 is 17.8 Å². The third-order valence-electron chi connectivity index (χ3n) is 6.21. The summed E-state index contributed by atoms with van der Waals surface area (Å²) in [4.78, 5) is 14.4. The molecule has 2 aromatic rings. The molecule has 2 fully saturated rings. The molecule has 4 rings (SSSR count). The Kier molecular flexibility index (Phi) is 5.99. The zero-order valence-corrected chi connectivity index (χ0v) is 16.6. The molecule has 2 unspecified atom stereocenters. The average molecular weight is 418 g/mol. The van der Waals surface area contributed by atoms with Crippen molar-refractivity contribution in [2.24, 2.45) is 17.8 Å². The first-order valence-electron chi connectivity index (χ1n) is 10.3. The maximum Gasteiger partial charge on any atom is 0.416 e. The van der Waals surface area contributed by atoms with E-state index in [4.69, 9.17) is 4.74 Å². The Balaban J connectivity index is 1.50. The number of alkyl halides is 3. The van der Waals surface area contributed by atoms with E-state index >= 15 is 0 Å². The van der Waals surface area contributed by atoms with Gasteiger partial charge in [0.1, 0.15) is 0 Å². The number of para-hydroxylation sites is 1. The van der Waals surface area contributed by atoms with Crippen LogP contribution in [0.4, 0.5) is 23.7 Å². The fourth-order valence-corrected chi connectivity index (χ4v) is 4.62. The standard InChI is InChI=1S/C23H25F3N2O2/c24-23(25,26)19-6-4-5-16(11-19)14-28(20-7-2-1-3-8-20)22(29)30-15-21-17-9-10-18(21)13-27-12-17/h1-8,11,17-18,21,27H,9-10,12-15H2. The van der Waals surface area contributed by atoms with Crippen molar-refractivity contribution in [1.29, 1.82) is 0 Å². The van der Waals surface area contributed by atoms with Crippen LogP contribution < -0.4 is 10.2 Å². The molecule has 30 heavy (non-hydrogen) atoms. The van der Waals surface area contributed by atoms with E-state index in [1.54, 1.807) is 30.3 Å². The minimum atomic E-state index is -4.43. The molecule has 0 radical (unpaired) electrons. The van der Waals surface area contributed by atoms with Gasteiger partial charge in [-0.2, -0.15) is 13.2 Å². The predicted octanol–water partition coefficient (Wildman–Crippen LogP) is 5.09. The number of piperidine rings is 1. The summed E-state index contributed by atoms with van der Waals surface area (Å²) in [6.45, 7) is 2.25. The highest BCUT2D eigenvalue weighted by Gasteiger charge is 2.39. The number of nitrogens with zero attached hydrogens (tertiary/aromatic N) is 1. The molecule has 1 saturated heterocycles. The highest BCUT2D eigenvalue weighted by Crippen LogP contribution is 2.39. The van der Waals surface area contributed by atoms with Gasteiger partial charge in [0.05, 0.1) is 18.7 Å². The minimum Gasteiger partial charge on any atom is -0.449 e. The van der Waals surface area contributed by atoms with Crippen molar-refractivity contribution in [1.82, 2.24) is 5.32 Å². The van der Waals surface area contributed by atoms with E-state index in [1.165, 1.54) is 11.0 Å². The van der Waals surface area contributed by atoms with Crippen LogP contribution in [0.15, 0.2) is 54.6 Å². The number of halogens is 3. The highest BCUT2D eigenvalue weighted by molar-refractivity contribution is 5.87. The van der Waals surface area contributed by atoms with Gasteiger partial charge in [-0.25, -0.2) is 4.79 Å². The van der Waals surface area contributed by atoms with Gasteiger partial charge in [0.25, 0.3) is 0 Å². The second kappa shape index (κ2) is 8.68. The number of fused-ring (bicyclic) bond motifs is 2. The summed E-state index contributed by atoms with van der Waals surface area (Å²) in [6, 6.07) is 14.0. The quantitative estimate of drug-likeness (QED) is 0.735. The van der Waals surface area contributed by atoms with Crippen molar-refractivity contribution in [3.8, 4) is 0 Å². The summed E-state index contributed by atoms with van der Waals surface area (Å²) in [6.07, 6.45) is -2.67. The Morgan fingerprint density at radius 3 is 2.40 bits per heavy atom. The van der Waals surface area contributed by atoms with E-state index in [1.807, 2.05) is 6.07 Å². The van der Waals surface area contributed by atoms with Crippen molar-refractivity contribution in [2.45, 2.75) is 25.6 Å². The normalized spacial score (nSPS) is 23.2. The molecule has 7 heteroatoms. The number of hydrogen-bond acceptors (Lipinski definition) is 3. The number of anilines is 1. The maximum absolute atomic E-state index is 13.1. The predicted molar refractivity (Wildman–Crippen MR) is 108 cm³/mol. The Morgan fingerprint density at radius 2 is 1.73 bits per heavy atom. The molecule has 4 nitrogen and oxygen atoms in total. The third kappa shape index (κ3) is 4.61. The number of amides is 1. The van der Waals surface area contributed by atoms with Gasteiger partial charge in [-0.3, -0.25) is 4.90 Å². The largest absolute Gasteiger partial charge is 0.449 e. The van der Waals surface area contributed by atoms with Gasteiger partial charge in [0, 0.05) is 11.6 Å². The Hall–Kier alpha value is -2.54. The lowest BCUT2D eigenvalue weighted by Gasteiger charge is -2.31. The number of hydrogen-bond donors (Lipinski definition) is 1. The summed E-state index contributed by atoms with van der Waals surface area (Å²) >= 11 is 0. The molecule has 0 aromatic heterocycles. The molecule has 2 bridgehead atoms. The fourth-order valence-electron chi connectivity index (χ4n) is 4.62. The number of carbonyl (C=O) groups excluding carboxylic acids is 1. The second-order valence-electron chi connectivity index (χ2n) is 8.12. The number of carbonyl (C=O) groups is 1. The molecular formula is C23H25F3N2O2. The number of rotatable bonds is 5. The van der Waals surface area contributed by atoms with Gasteiger partial charge in [0.2, 0.25) is 0 Å². The van der Waals surface area contributed by atoms with Crippen LogP contribution in [0.1, 0.15) is 24.0 Å². The van der Waals surface area contributed by atoms with Gasteiger partial charge >= 0.3 is 12.3 Å². The van der Waals surface area contributed by atoms with Gasteiger partial charge in [-0.15, -0.1) is 0 Å². The summed E-state index contributed by atoms with van der Waals surface area (Å²) < 4.78 is 44.9. The van der Waals surface area contributed by atoms with Gasteiger partial charge in [-0.05, 0) is 67.6 Å². The molecule has 1 heterocycles. The van der Waals surface area contributed by atoms with Crippen LogP contribution in [-0.2, 0) is 17.5 Å².